The van der Waals surface area contributed by atoms with Gasteiger partial charge in [-0.25, -0.2) is 17.1 Å². The Labute approximate surface area is 130 Å². The van der Waals surface area contributed by atoms with Gasteiger partial charge in [0.2, 0.25) is 10.0 Å². The van der Waals surface area contributed by atoms with Crippen LogP contribution in [0.1, 0.15) is 12.8 Å². The van der Waals surface area contributed by atoms with Crippen LogP contribution in [0.15, 0.2) is 43.0 Å². The van der Waals surface area contributed by atoms with Crippen LogP contribution in [0.5, 0.6) is 0 Å². The first-order valence-corrected chi connectivity index (χ1v) is 8.50. The maximum absolute atomic E-state index is 11.9. The zero-order chi connectivity index (χ0) is 16.6. The van der Waals surface area contributed by atoms with Crippen molar-refractivity contribution in [3.63, 3.8) is 0 Å². The fraction of sp³-hybridized carbons (Fsp3) is 0.400. The summed E-state index contributed by atoms with van der Waals surface area (Å²) in [6.45, 7) is 3.98. The zero-order valence-corrected chi connectivity index (χ0v) is 13.0. The van der Waals surface area contributed by atoms with Crippen molar-refractivity contribution >= 4 is 16.0 Å². The van der Waals surface area contributed by atoms with Gasteiger partial charge < -0.3 is 5.11 Å². The zero-order valence-electron chi connectivity index (χ0n) is 12.2. The number of halogens is 1. The van der Waals surface area contributed by atoms with Crippen molar-refractivity contribution in [2.24, 2.45) is 5.92 Å². The molecular weight excluding hydrogens is 309 g/mol. The van der Waals surface area contributed by atoms with E-state index in [0.717, 1.165) is 0 Å². The molecule has 1 aromatic carbocycles. The van der Waals surface area contributed by atoms with Crippen LogP contribution >= 0.6 is 0 Å². The van der Waals surface area contributed by atoms with E-state index >= 15 is 0 Å². The van der Waals surface area contributed by atoms with Crippen molar-refractivity contribution in [3.8, 4) is 0 Å². The molecule has 1 aromatic rings. The Morgan fingerprint density at radius 1 is 1.32 bits per heavy atom. The van der Waals surface area contributed by atoms with Crippen molar-refractivity contribution in [2.45, 2.75) is 12.8 Å². The molecule has 1 fully saturated rings. The summed E-state index contributed by atoms with van der Waals surface area (Å²) >= 11 is 0. The Bertz CT molecular complexity index is 581. The molecule has 7 heteroatoms. The molecule has 0 saturated carbocycles. The average Bonchev–Trinajstić information content (AvgIpc) is 2.49. The monoisotopic (exact) mass is 329 g/mol. The molecule has 5 nitrogen and oxygen atoms in total. The molecule has 1 aliphatic heterocycles. The third-order valence-electron chi connectivity index (χ3n) is 3.26. The van der Waals surface area contributed by atoms with Crippen LogP contribution in [0.2, 0.25) is 0 Å². The van der Waals surface area contributed by atoms with Crippen LogP contribution in [-0.2, 0) is 14.8 Å². The highest BCUT2D eigenvalue weighted by Crippen LogP contribution is 2.19. The number of carboxylic acids is 1. The third-order valence-corrected chi connectivity index (χ3v) is 5.07. The Kier molecular flexibility index (Phi) is 7.20. The van der Waals surface area contributed by atoms with E-state index < -0.39 is 21.9 Å². The van der Waals surface area contributed by atoms with Crippen LogP contribution in [-0.4, -0.2) is 42.6 Å². The summed E-state index contributed by atoms with van der Waals surface area (Å²) in [5, 5.41) is 8.75. The van der Waals surface area contributed by atoms with Gasteiger partial charge in [-0.15, -0.1) is 6.58 Å². The second kappa shape index (κ2) is 8.65. The van der Waals surface area contributed by atoms with E-state index in [1.807, 2.05) is 0 Å². The summed E-state index contributed by atoms with van der Waals surface area (Å²) < 4.78 is 36.4. The molecule has 0 aromatic heterocycles. The van der Waals surface area contributed by atoms with Gasteiger partial charge in [-0.1, -0.05) is 24.3 Å². The number of benzene rings is 1. The predicted octanol–water partition coefficient (Wildman–Crippen LogP) is 2.12. The maximum Gasteiger partial charge on any atom is 0.306 e. The number of piperidine rings is 1. The molecule has 0 unspecified atom stereocenters. The highest BCUT2D eigenvalue weighted by atomic mass is 32.2. The molecule has 0 bridgehead atoms. The van der Waals surface area contributed by atoms with E-state index in [0.29, 0.717) is 25.9 Å². The summed E-state index contributed by atoms with van der Waals surface area (Å²) in [6, 6.07) is 7.94. The van der Waals surface area contributed by atoms with Crippen molar-refractivity contribution in [1.82, 2.24) is 4.31 Å². The first kappa shape index (κ1) is 18.3. The minimum absolute atomic E-state index is 0.0786. The molecule has 122 valence electrons. The smallest absolute Gasteiger partial charge is 0.306 e. The van der Waals surface area contributed by atoms with Gasteiger partial charge in [0.15, 0.2) is 0 Å². The molecule has 2 rings (SSSR count). The number of nitrogens with zero attached hydrogens (tertiary/aromatic N) is 1. The lowest BCUT2D eigenvalue weighted by molar-refractivity contribution is -0.142. The third kappa shape index (κ3) is 5.95. The Morgan fingerprint density at radius 2 is 1.86 bits per heavy atom. The number of carbonyl (C=O) groups is 1. The molecule has 1 heterocycles. The molecule has 1 N–H and O–H groups in total. The van der Waals surface area contributed by atoms with Gasteiger partial charge in [-0.2, -0.15) is 0 Å². The van der Waals surface area contributed by atoms with Crippen molar-refractivity contribution in [1.29, 1.82) is 0 Å². The van der Waals surface area contributed by atoms with E-state index in [1.165, 1.54) is 22.5 Å². The first-order valence-electron chi connectivity index (χ1n) is 6.89. The van der Waals surface area contributed by atoms with Gasteiger partial charge in [-0.3, -0.25) is 4.79 Å². The number of aliphatic carboxylic acids is 1. The standard InChI is InChI=1S/C9H15NO4S.C6H5F/c1-2-7-15(13,14)10-5-3-8(4-6-10)9(11)12;7-6-4-2-1-3-5-6/h2,8H,1,3-7H2,(H,11,12);1-5H. The first-order chi connectivity index (χ1) is 10.4. The molecule has 0 atom stereocenters. The lowest BCUT2D eigenvalue weighted by Crippen LogP contribution is -2.41. The largest absolute Gasteiger partial charge is 0.481 e. The fourth-order valence-corrected chi connectivity index (χ4v) is 3.33. The van der Waals surface area contributed by atoms with Crippen LogP contribution in [0.25, 0.3) is 0 Å². The van der Waals surface area contributed by atoms with Gasteiger partial charge in [-0.05, 0) is 25.0 Å². The van der Waals surface area contributed by atoms with Crippen molar-refractivity contribution in [2.75, 3.05) is 18.8 Å². The molecule has 1 aliphatic rings. The predicted molar refractivity (Wildman–Crippen MR) is 82.3 cm³/mol. The molecule has 0 spiro atoms. The topological polar surface area (TPSA) is 74.7 Å². The van der Waals surface area contributed by atoms with Gasteiger partial charge >= 0.3 is 5.97 Å². The van der Waals surface area contributed by atoms with E-state index in [2.05, 4.69) is 6.58 Å². The number of hydrogen-bond acceptors (Lipinski definition) is 3. The summed E-state index contributed by atoms with van der Waals surface area (Å²) in [7, 11) is -3.26. The fourth-order valence-electron chi connectivity index (χ4n) is 2.05. The number of sulfonamides is 1. The molecule has 0 aliphatic carbocycles. The normalized spacial score (nSPS) is 16.4. The summed E-state index contributed by atoms with van der Waals surface area (Å²) in [5.74, 6) is -1.50. The summed E-state index contributed by atoms with van der Waals surface area (Å²) in [4.78, 5) is 10.7. The lowest BCUT2D eigenvalue weighted by Gasteiger charge is -2.28. The Hall–Kier alpha value is -1.73. The SMILES string of the molecule is C=CCS(=O)(=O)N1CCC(C(=O)O)CC1.Fc1ccccc1. The van der Waals surface area contributed by atoms with Gasteiger partial charge in [0.25, 0.3) is 0 Å². The molecule has 1 saturated heterocycles. The van der Waals surface area contributed by atoms with E-state index in [1.54, 1.807) is 18.2 Å². The Balaban J connectivity index is 0.000000287. The van der Waals surface area contributed by atoms with Gasteiger partial charge in [0.05, 0.1) is 11.7 Å². The van der Waals surface area contributed by atoms with Gasteiger partial charge in [0.1, 0.15) is 5.82 Å². The second-order valence-corrected chi connectivity index (χ2v) is 6.89. The van der Waals surface area contributed by atoms with Crippen molar-refractivity contribution in [3.05, 3.63) is 48.8 Å². The maximum atomic E-state index is 11.9. The minimum atomic E-state index is -3.26. The van der Waals surface area contributed by atoms with Crippen LogP contribution in [0.4, 0.5) is 4.39 Å². The molecule has 22 heavy (non-hydrogen) atoms. The van der Waals surface area contributed by atoms with E-state index in [4.69, 9.17) is 5.11 Å². The highest BCUT2D eigenvalue weighted by molar-refractivity contribution is 7.89. The highest BCUT2D eigenvalue weighted by Gasteiger charge is 2.29. The Morgan fingerprint density at radius 3 is 2.23 bits per heavy atom. The lowest BCUT2D eigenvalue weighted by atomic mass is 9.99. The molecular formula is C15H20FNO4S. The van der Waals surface area contributed by atoms with Crippen LogP contribution < -0.4 is 0 Å². The average molecular weight is 329 g/mol. The van der Waals surface area contributed by atoms with Crippen LogP contribution in [0.3, 0.4) is 0 Å². The van der Waals surface area contributed by atoms with Crippen LogP contribution in [0, 0.1) is 11.7 Å². The van der Waals surface area contributed by atoms with Gasteiger partial charge in [0, 0.05) is 13.1 Å². The second-order valence-electron chi connectivity index (χ2n) is 4.87. The molecule has 0 amide bonds. The van der Waals surface area contributed by atoms with E-state index in [-0.39, 0.29) is 11.6 Å². The summed E-state index contributed by atoms with van der Waals surface area (Å²) in [5.41, 5.74) is 0. The van der Waals surface area contributed by atoms with E-state index in [9.17, 15) is 17.6 Å². The van der Waals surface area contributed by atoms with Crippen molar-refractivity contribution < 1.29 is 22.7 Å². The quantitative estimate of drug-likeness (QED) is 0.859. The number of carboxylic acid groups (broad SMARTS) is 1. The minimum Gasteiger partial charge on any atom is -0.481 e. The molecule has 0 radical (unpaired) electrons. The number of hydrogen-bond donors (Lipinski definition) is 1. The summed E-state index contributed by atoms with van der Waals surface area (Å²) in [6.07, 6.45) is 2.13. The number of rotatable bonds is 4.